The summed E-state index contributed by atoms with van der Waals surface area (Å²) in [5.41, 5.74) is 2.01. The van der Waals surface area contributed by atoms with E-state index in [1.807, 2.05) is 46.6 Å². The smallest absolute Gasteiger partial charge is 0.255 e. The highest BCUT2D eigenvalue weighted by Crippen LogP contribution is 2.35. The molecular weight excluding hydrogens is 382 g/mol. The number of hydrogen-bond acceptors (Lipinski definition) is 5. The van der Waals surface area contributed by atoms with Gasteiger partial charge in [-0.05, 0) is 32.4 Å². The average molecular weight is 414 g/mol. The first-order valence-corrected chi connectivity index (χ1v) is 10.8. The molecule has 0 aromatic carbocycles. The summed E-state index contributed by atoms with van der Waals surface area (Å²) in [6, 6.07) is 4.07. The zero-order valence-corrected chi connectivity index (χ0v) is 17.9. The summed E-state index contributed by atoms with van der Waals surface area (Å²) < 4.78 is 9.30. The Morgan fingerprint density at radius 3 is 2.93 bits per heavy atom. The van der Waals surface area contributed by atoms with Crippen LogP contribution in [0.5, 0.6) is 0 Å². The summed E-state index contributed by atoms with van der Waals surface area (Å²) >= 11 is 0. The van der Waals surface area contributed by atoms with Crippen molar-refractivity contribution in [3.05, 3.63) is 52.5 Å². The van der Waals surface area contributed by atoms with Gasteiger partial charge in [-0.25, -0.2) is 4.98 Å². The van der Waals surface area contributed by atoms with Gasteiger partial charge in [0.05, 0.1) is 6.33 Å². The third-order valence-electron chi connectivity index (χ3n) is 6.20. The molecule has 1 saturated heterocycles. The lowest BCUT2D eigenvalue weighted by atomic mass is 9.83. The van der Waals surface area contributed by atoms with Gasteiger partial charge in [0, 0.05) is 75.4 Å². The number of aromatic nitrogens is 3. The Bertz CT molecular complexity index is 923. The quantitative estimate of drug-likeness (QED) is 0.649. The highest BCUT2D eigenvalue weighted by atomic mass is 16.5. The Morgan fingerprint density at radius 2 is 2.17 bits per heavy atom. The predicted molar refractivity (Wildman–Crippen MR) is 113 cm³/mol. The number of rotatable bonds is 8. The molecular formula is C22H31N5O3. The number of piperidine rings is 1. The monoisotopic (exact) mass is 413 g/mol. The highest BCUT2D eigenvalue weighted by molar-refractivity contribution is 5.77. The summed E-state index contributed by atoms with van der Waals surface area (Å²) in [6.07, 6.45) is 6.58. The predicted octanol–water partition coefficient (Wildman–Crippen LogP) is 1.16. The van der Waals surface area contributed by atoms with Gasteiger partial charge >= 0.3 is 0 Å². The molecule has 2 aliphatic rings. The van der Waals surface area contributed by atoms with Crippen molar-refractivity contribution < 1.29 is 9.53 Å². The van der Waals surface area contributed by atoms with Crippen LogP contribution in [-0.4, -0.2) is 69.7 Å². The van der Waals surface area contributed by atoms with Gasteiger partial charge in [-0.1, -0.05) is 6.07 Å². The molecule has 0 N–H and O–H groups in total. The molecule has 0 radical (unpaired) electrons. The molecule has 0 spiro atoms. The van der Waals surface area contributed by atoms with E-state index >= 15 is 0 Å². The molecule has 2 aromatic heterocycles. The van der Waals surface area contributed by atoms with Gasteiger partial charge in [0.15, 0.2) is 0 Å². The first-order valence-electron chi connectivity index (χ1n) is 10.8. The number of hydrogen-bond donors (Lipinski definition) is 0. The fraction of sp³-hybridized carbons (Fsp3) is 0.591. The minimum Gasteiger partial charge on any atom is -0.372 e. The van der Waals surface area contributed by atoms with Crippen molar-refractivity contribution in [2.75, 3.05) is 39.9 Å². The van der Waals surface area contributed by atoms with Crippen LogP contribution >= 0.6 is 0 Å². The molecule has 2 atom stereocenters. The molecule has 4 rings (SSSR count). The number of ether oxygens (including phenoxy) is 1. The molecule has 162 valence electrons. The summed E-state index contributed by atoms with van der Waals surface area (Å²) in [5.74, 6) is 0.607. The standard InChI is InChI=1S/C22H31N5O3/c1-3-30-15-21(28)26-11-17-10-19(14-26)20-5-4-18(22(29)27(20)12-17)13-24(2)8-9-25-7-6-23-16-25/h4-7,16-17,19H,3,8-15H2,1-2H3/t17-,19+/m0/s1. The number of fused-ring (bicyclic) bond motifs is 4. The van der Waals surface area contributed by atoms with E-state index in [-0.39, 0.29) is 24.0 Å². The molecule has 2 aliphatic heterocycles. The second kappa shape index (κ2) is 9.14. The molecule has 1 fully saturated rings. The van der Waals surface area contributed by atoms with Crippen LogP contribution in [0.4, 0.5) is 0 Å². The number of carbonyl (C=O) groups excluding carboxylic acids is 1. The summed E-state index contributed by atoms with van der Waals surface area (Å²) in [7, 11) is 2.04. The van der Waals surface area contributed by atoms with Gasteiger partial charge in [0.1, 0.15) is 6.61 Å². The number of imidazole rings is 1. The second-order valence-electron chi connectivity index (χ2n) is 8.47. The minimum absolute atomic E-state index is 0.0542. The molecule has 8 heteroatoms. The molecule has 2 aromatic rings. The third-order valence-corrected chi connectivity index (χ3v) is 6.20. The Labute approximate surface area is 177 Å². The maximum atomic E-state index is 13.2. The number of pyridine rings is 1. The van der Waals surface area contributed by atoms with Crippen LogP contribution in [0.2, 0.25) is 0 Å². The van der Waals surface area contributed by atoms with Crippen LogP contribution < -0.4 is 5.56 Å². The van der Waals surface area contributed by atoms with Crippen molar-refractivity contribution >= 4 is 5.91 Å². The molecule has 2 bridgehead atoms. The van der Waals surface area contributed by atoms with Gasteiger partial charge < -0.3 is 23.7 Å². The number of amides is 1. The molecule has 0 unspecified atom stereocenters. The molecule has 4 heterocycles. The van der Waals surface area contributed by atoms with E-state index in [1.165, 1.54) is 0 Å². The maximum absolute atomic E-state index is 13.2. The number of likely N-dealkylation sites (N-methyl/N-ethyl adjacent to an activating group) is 1. The molecule has 1 amide bonds. The SMILES string of the molecule is CCOCC(=O)N1C[C@@H]2C[C@H](C1)c1ccc(CN(C)CCn3ccnc3)c(=O)n1C2. The zero-order valence-electron chi connectivity index (χ0n) is 17.9. The minimum atomic E-state index is 0.0542. The van der Waals surface area contributed by atoms with Crippen molar-refractivity contribution in [3.8, 4) is 0 Å². The van der Waals surface area contributed by atoms with Crippen molar-refractivity contribution in [1.29, 1.82) is 0 Å². The van der Waals surface area contributed by atoms with Crippen molar-refractivity contribution in [3.63, 3.8) is 0 Å². The fourth-order valence-corrected chi connectivity index (χ4v) is 4.67. The number of nitrogens with zero attached hydrogens (tertiary/aromatic N) is 5. The summed E-state index contributed by atoms with van der Waals surface area (Å²) in [4.78, 5) is 33.8. The number of carbonyl (C=O) groups is 1. The first-order chi connectivity index (χ1) is 14.5. The van der Waals surface area contributed by atoms with E-state index in [1.54, 1.807) is 6.20 Å². The number of likely N-dealkylation sites (tertiary alicyclic amines) is 1. The Hall–Kier alpha value is -2.45. The fourth-order valence-electron chi connectivity index (χ4n) is 4.67. The van der Waals surface area contributed by atoms with Crippen LogP contribution in [0, 0.1) is 5.92 Å². The Kier molecular flexibility index (Phi) is 6.34. The maximum Gasteiger partial charge on any atom is 0.255 e. The van der Waals surface area contributed by atoms with Gasteiger partial charge in [0.25, 0.3) is 5.56 Å². The van der Waals surface area contributed by atoms with Gasteiger partial charge in [0.2, 0.25) is 5.91 Å². The van der Waals surface area contributed by atoms with E-state index in [4.69, 9.17) is 4.74 Å². The van der Waals surface area contributed by atoms with Crippen LogP contribution in [0.15, 0.2) is 35.6 Å². The van der Waals surface area contributed by atoms with Gasteiger partial charge in [-0.15, -0.1) is 0 Å². The first kappa shape index (κ1) is 20.8. The van der Waals surface area contributed by atoms with Crippen LogP contribution in [0.25, 0.3) is 0 Å². The molecule has 30 heavy (non-hydrogen) atoms. The topological polar surface area (TPSA) is 72.6 Å². The second-order valence-corrected chi connectivity index (χ2v) is 8.47. The zero-order chi connectivity index (χ0) is 21.1. The van der Waals surface area contributed by atoms with Crippen LogP contribution in [0.3, 0.4) is 0 Å². The largest absolute Gasteiger partial charge is 0.372 e. The summed E-state index contributed by atoms with van der Waals surface area (Å²) in [5, 5.41) is 0. The van der Waals surface area contributed by atoms with Gasteiger partial charge in [-0.3, -0.25) is 9.59 Å². The van der Waals surface area contributed by atoms with Crippen LogP contribution in [0.1, 0.15) is 30.5 Å². The molecule has 0 saturated carbocycles. The van der Waals surface area contributed by atoms with Gasteiger partial charge in [-0.2, -0.15) is 0 Å². The normalized spacial score (nSPS) is 20.4. The average Bonchev–Trinajstić information content (AvgIpc) is 3.26. The Balaban J connectivity index is 1.44. The van der Waals surface area contributed by atoms with Crippen LogP contribution in [-0.2, 0) is 29.2 Å². The van der Waals surface area contributed by atoms with Crippen molar-refractivity contribution in [2.24, 2.45) is 5.92 Å². The van der Waals surface area contributed by atoms with Crippen molar-refractivity contribution in [1.82, 2.24) is 23.9 Å². The third kappa shape index (κ3) is 4.49. The van der Waals surface area contributed by atoms with E-state index < -0.39 is 0 Å². The molecule has 8 nitrogen and oxygen atoms in total. The van der Waals surface area contributed by atoms with E-state index in [0.717, 1.165) is 30.8 Å². The van der Waals surface area contributed by atoms with E-state index in [9.17, 15) is 9.59 Å². The summed E-state index contributed by atoms with van der Waals surface area (Å²) in [6.45, 7) is 6.98. The lowest BCUT2D eigenvalue weighted by molar-refractivity contribution is -0.138. The van der Waals surface area contributed by atoms with Crippen molar-refractivity contribution in [2.45, 2.75) is 38.9 Å². The Morgan fingerprint density at radius 1 is 1.30 bits per heavy atom. The molecule has 0 aliphatic carbocycles. The van der Waals surface area contributed by atoms with E-state index in [2.05, 4.69) is 16.0 Å². The lowest BCUT2D eigenvalue weighted by Gasteiger charge is -2.43. The highest BCUT2D eigenvalue weighted by Gasteiger charge is 2.36. The lowest BCUT2D eigenvalue weighted by Crippen LogP contribution is -2.50. The van der Waals surface area contributed by atoms with E-state index in [0.29, 0.717) is 38.7 Å².